The SMILES string of the molecule is Cc1ccc(C#N)cc1-n1cc[n+](C)c1C. The number of benzene rings is 1. The Hall–Kier alpha value is -2.08. The van der Waals surface area contributed by atoms with Gasteiger partial charge in [-0.25, -0.2) is 4.57 Å². The number of rotatable bonds is 1. The second kappa shape index (κ2) is 3.82. The Labute approximate surface area is 95.2 Å². The molecule has 0 bridgehead atoms. The van der Waals surface area contributed by atoms with Gasteiger partial charge in [0.2, 0.25) is 0 Å². The van der Waals surface area contributed by atoms with Crippen molar-refractivity contribution in [3.8, 4) is 11.8 Å². The molecule has 0 amide bonds. The van der Waals surface area contributed by atoms with Gasteiger partial charge in [-0.2, -0.15) is 9.83 Å². The van der Waals surface area contributed by atoms with Crippen molar-refractivity contribution in [2.45, 2.75) is 13.8 Å². The molecule has 1 aromatic carbocycles. The lowest BCUT2D eigenvalue weighted by molar-refractivity contribution is -0.677. The number of aromatic nitrogens is 2. The van der Waals surface area contributed by atoms with Gasteiger partial charge in [0, 0.05) is 13.0 Å². The summed E-state index contributed by atoms with van der Waals surface area (Å²) < 4.78 is 4.15. The van der Waals surface area contributed by atoms with Gasteiger partial charge in [-0.3, -0.25) is 0 Å². The molecule has 3 nitrogen and oxygen atoms in total. The Bertz CT molecular complexity index is 573. The molecule has 80 valence electrons. The third-order valence-corrected chi connectivity index (χ3v) is 2.90. The zero-order chi connectivity index (χ0) is 11.7. The molecule has 0 saturated carbocycles. The fraction of sp³-hybridized carbons (Fsp3) is 0.231. The molecule has 0 atom stereocenters. The summed E-state index contributed by atoms with van der Waals surface area (Å²) in [6.45, 7) is 4.11. The molecule has 2 rings (SSSR count). The molecule has 0 fully saturated rings. The van der Waals surface area contributed by atoms with Crippen molar-refractivity contribution in [3.63, 3.8) is 0 Å². The molecule has 0 aliphatic rings. The highest BCUT2D eigenvalue weighted by atomic mass is 15.1. The molecule has 1 aromatic heterocycles. The lowest BCUT2D eigenvalue weighted by Gasteiger charge is -2.03. The lowest BCUT2D eigenvalue weighted by Crippen LogP contribution is -2.29. The van der Waals surface area contributed by atoms with Gasteiger partial charge in [0.05, 0.1) is 18.7 Å². The number of hydrogen-bond donors (Lipinski definition) is 0. The van der Waals surface area contributed by atoms with Gasteiger partial charge in [0.1, 0.15) is 18.1 Å². The van der Waals surface area contributed by atoms with Crippen LogP contribution in [0.5, 0.6) is 0 Å². The van der Waals surface area contributed by atoms with Crippen molar-refractivity contribution < 1.29 is 4.57 Å². The van der Waals surface area contributed by atoms with Gasteiger partial charge in [-0.15, -0.1) is 0 Å². The van der Waals surface area contributed by atoms with Gasteiger partial charge >= 0.3 is 0 Å². The van der Waals surface area contributed by atoms with E-state index in [1.54, 1.807) is 0 Å². The molecule has 0 saturated heterocycles. The second-order valence-corrected chi connectivity index (χ2v) is 3.94. The van der Waals surface area contributed by atoms with Crippen LogP contribution in [-0.4, -0.2) is 4.57 Å². The molecular formula is C13H14N3+. The van der Waals surface area contributed by atoms with Crippen LogP contribution in [0.2, 0.25) is 0 Å². The first-order valence-electron chi connectivity index (χ1n) is 5.18. The molecule has 0 unspecified atom stereocenters. The first-order valence-corrected chi connectivity index (χ1v) is 5.18. The van der Waals surface area contributed by atoms with E-state index in [9.17, 15) is 0 Å². The van der Waals surface area contributed by atoms with Crippen LogP contribution < -0.4 is 4.57 Å². The Morgan fingerprint density at radius 1 is 1.31 bits per heavy atom. The minimum absolute atomic E-state index is 0.691. The quantitative estimate of drug-likeness (QED) is 0.663. The Kier molecular flexibility index (Phi) is 2.49. The molecule has 16 heavy (non-hydrogen) atoms. The van der Waals surface area contributed by atoms with Gasteiger partial charge in [-0.05, 0) is 18.6 Å². The summed E-state index contributed by atoms with van der Waals surface area (Å²) in [6, 6.07) is 7.91. The van der Waals surface area contributed by atoms with Gasteiger partial charge in [0.15, 0.2) is 0 Å². The molecule has 0 aliphatic carbocycles. The summed E-state index contributed by atoms with van der Waals surface area (Å²) in [5, 5.41) is 8.91. The van der Waals surface area contributed by atoms with Crippen molar-refractivity contribution in [3.05, 3.63) is 47.5 Å². The molecule has 0 aliphatic heterocycles. The Morgan fingerprint density at radius 3 is 2.62 bits per heavy atom. The number of nitriles is 1. The number of imidazole rings is 1. The third kappa shape index (κ3) is 1.59. The molecule has 0 spiro atoms. The number of aryl methyl sites for hydroxylation is 2. The molecule has 3 heteroatoms. The maximum Gasteiger partial charge on any atom is 0.258 e. The molecule has 0 radical (unpaired) electrons. The van der Waals surface area contributed by atoms with E-state index in [4.69, 9.17) is 5.26 Å². The van der Waals surface area contributed by atoms with E-state index in [0.29, 0.717) is 5.56 Å². The predicted molar refractivity (Wildman–Crippen MR) is 61.1 cm³/mol. The summed E-state index contributed by atoms with van der Waals surface area (Å²) >= 11 is 0. The molecule has 2 aromatic rings. The first-order chi connectivity index (χ1) is 7.63. The smallest absolute Gasteiger partial charge is 0.237 e. The van der Waals surface area contributed by atoms with Crippen LogP contribution in [0, 0.1) is 25.2 Å². The van der Waals surface area contributed by atoms with E-state index in [0.717, 1.165) is 11.5 Å². The Balaban J connectivity index is 2.64. The summed E-state index contributed by atoms with van der Waals surface area (Å²) in [5.74, 6) is 1.14. The van der Waals surface area contributed by atoms with Crippen LogP contribution in [0.4, 0.5) is 0 Å². The van der Waals surface area contributed by atoms with Crippen LogP contribution in [0.25, 0.3) is 5.69 Å². The monoisotopic (exact) mass is 212 g/mol. The number of nitrogens with zero attached hydrogens (tertiary/aromatic N) is 3. The fourth-order valence-corrected chi connectivity index (χ4v) is 1.75. The maximum absolute atomic E-state index is 8.91. The highest BCUT2D eigenvalue weighted by Gasteiger charge is 2.13. The average Bonchev–Trinajstić information content (AvgIpc) is 2.61. The minimum Gasteiger partial charge on any atom is -0.237 e. The van der Waals surface area contributed by atoms with E-state index >= 15 is 0 Å². The topological polar surface area (TPSA) is 32.6 Å². The van der Waals surface area contributed by atoms with Crippen molar-refractivity contribution in [2.75, 3.05) is 0 Å². The maximum atomic E-state index is 8.91. The highest BCUT2D eigenvalue weighted by Crippen LogP contribution is 2.16. The van der Waals surface area contributed by atoms with E-state index in [2.05, 4.69) is 29.1 Å². The second-order valence-electron chi connectivity index (χ2n) is 3.94. The van der Waals surface area contributed by atoms with Crippen LogP contribution >= 0.6 is 0 Å². The Morgan fingerprint density at radius 2 is 2.06 bits per heavy atom. The standard InChI is InChI=1S/C13H14N3/c1-10-4-5-12(9-14)8-13(10)16-7-6-15(3)11(16)2/h4-8H,1-3H3/q+1. The predicted octanol–water partition coefficient (Wildman–Crippen LogP) is 1.79. The van der Waals surface area contributed by atoms with Gasteiger partial charge in [-0.1, -0.05) is 6.07 Å². The van der Waals surface area contributed by atoms with Crippen molar-refractivity contribution in [1.82, 2.24) is 4.57 Å². The molecular weight excluding hydrogens is 198 g/mol. The van der Waals surface area contributed by atoms with Crippen LogP contribution in [0.1, 0.15) is 17.0 Å². The average molecular weight is 212 g/mol. The normalized spacial score (nSPS) is 10.1. The summed E-state index contributed by atoms with van der Waals surface area (Å²) in [5.41, 5.74) is 2.92. The summed E-state index contributed by atoms with van der Waals surface area (Å²) in [6.07, 6.45) is 4.02. The van der Waals surface area contributed by atoms with Gasteiger partial charge in [0.25, 0.3) is 5.82 Å². The van der Waals surface area contributed by atoms with Crippen molar-refractivity contribution in [1.29, 1.82) is 5.26 Å². The van der Waals surface area contributed by atoms with Crippen molar-refractivity contribution >= 4 is 0 Å². The summed E-state index contributed by atoms with van der Waals surface area (Å²) in [4.78, 5) is 0. The van der Waals surface area contributed by atoms with Crippen molar-refractivity contribution in [2.24, 2.45) is 7.05 Å². The van der Waals surface area contributed by atoms with Crippen LogP contribution in [0.3, 0.4) is 0 Å². The highest BCUT2D eigenvalue weighted by molar-refractivity contribution is 5.47. The van der Waals surface area contributed by atoms with E-state index in [1.165, 1.54) is 5.56 Å². The zero-order valence-corrected chi connectivity index (χ0v) is 9.73. The largest absolute Gasteiger partial charge is 0.258 e. The van der Waals surface area contributed by atoms with E-state index in [-0.39, 0.29) is 0 Å². The molecule has 1 heterocycles. The lowest BCUT2D eigenvalue weighted by atomic mass is 10.1. The summed E-state index contributed by atoms with van der Waals surface area (Å²) in [7, 11) is 2.01. The third-order valence-electron chi connectivity index (χ3n) is 2.90. The van der Waals surface area contributed by atoms with E-state index < -0.39 is 0 Å². The zero-order valence-electron chi connectivity index (χ0n) is 9.73. The molecule has 0 N–H and O–H groups in total. The first kappa shape index (κ1) is 10.4. The fourth-order valence-electron chi connectivity index (χ4n) is 1.75. The van der Waals surface area contributed by atoms with E-state index in [1.807, 2.05) is 37.6 Å². The van der Waals surface area contributed by atoms with Gasteiger partial charge < -0.3 is 0 Å². The number of hydrogen-bond acceptors (Lipinski definition) is 1. The van der Waals surface area contributed by atoms with Crippen LogP contribution in [-0.2, 0) is 7.05 Å². The van der Waals surface area contributed by atoms with Crippen LogP contribution in [0.15, 0.2) is 30.6 Å². The minimum atomic E-state index is 0.691.